The number of halogens is 1. The molecule has 0 saturated carbocycles. The number of hydrogen-bond donors (Lipinski definition) is 1. The van der Waals surface area contributed by atoms with Gasteiger partial charge in [0.15, 0.2) is 0 Å². The summed E-state index contributed by atoms with van der Waals surface area (Å²) in [6, 6.07) is -0.399. The van der Waals surface area contributed by atoms with Crippen LogP contribution >= 0.6 is 11.6 Å². The van der Waals surface area contributed by atoms with Crippen molar-refractivity contribution in [3.8, 4) is 0 Å². The molecule has 0 bridgehead atoms. The van der Waals surface area contributed by atoms with Crippen LogP contribution in [0.4, 0.5) is 0 Å². The lowest BCUT2D eigenvalue weighted by Gasteiger charge is -2.06. The van der Waals surface area contributed by atoms with Gasteiger partial charge in [-0.25, -0.2) is 0 Å². The molecule has 1 fully saturated rings. The first-order valence-corrected chi connectivity index (χ1v) is 3.33. The molecule has 0 aromatic heterocycles. The SMILES string of the molecule is [B]C1OC(CO)C[C@@H]1Cl. The molecule has 1 aliphatic heterocycles. The Morgan fingerprint density at radius 1 is 1.78 bits per heavy atom. The monoisotopic (exact) mass is 146 g/mol. The Hall–Kier alpha value is 0.275. The van der Waals surface area contributed by atoms with Gasteiger partial charge < -0.3 is 9.84 Å². The molecule has 0 spiro atoms. The normalized spacial score (nSPS) is 43.6. The molecule has 1 aliphatic rings. The highest BCUT2D eigenvalue weighted by Crippen LogP contribution is 2.22. The Bertz CT molecular complexity index is 91.0. The number of rotatable bonds is 1. The molecule has 4 heteroatoms. The van der Waals surface area contributed by atoms with E-state index >= 15 is 0 Å². The molecule has 3 atom stereocenters. The maximum atomic E-state index is 8.56. The number of hydrogen-bond acceptors (Lipinski definition) is 2. The summed E-state index contributed by atoms with van der Waals surface area (Å²) >= 11 is 5.68. The fraction of sp³-hybridized carbons (Fsp3) is 1.00. The van der Waals surface area contributed by atoms with Crippen molar-refractivity contribution in [1.29, 1.82) is 0 Å². The molecule has 1 saturated heterocycles. The third kappa shape index (κ3) is 1.60. The second-order valence-electron chi connectivity index (χ2n) is 2.16. The van der Waals surface area contributed by atoms with Gasteiger partial charge in [-0.15, -0.1) is 11.6 Å². The maximum absolute atomic E-state index is 8.56. The average molecular weight is 146 g/mol. The smallest absolute Gasteiger partial charge is 0.111 e. The lowest BCUT2D eigenvalue weighted by Crippen LogP contribution is -2.16. The minimum atomic E-state index is -0.399. The van der Waals surface area contributed by atoms with Crippen molar-refractivity contribution in [2.45, 2.75) is 23.9 Å². The van der Waals surface area contributed by atoms with Gasteiger partial charge in [0.05, 0.1) is 18.1 Å². The van der Waals surface area contributed by atoms with Crippen molar-refractivity contribution in [3.63, 3.8) is 0 Å². The quantitative estimate of drug-likeness (QED) is 0.412. The highest BCUT2D eigenvalue weighted by Gasteiger charge is 2.29. The van der Waals surface area contributed by atoms with E-state index in [1.165, 1.54) is 0 Å². The molecule has 0 aromatic rings. The van der Waals surface area contributed by atoms with E-state index in [1.54, 1.807) is 0 Å². The first-order chi connectivity index (χ1) is 4.24. The van der Waals surface area contributed by atoms with Crippen LogP contribution in [0.2, 0.25) is 0 Å². The van der Waals surface area contributed by atoms with E-state index in [1.807, 2.05) is 0 Å². The van der Waals surface area contributed by atoms with E-state index in [0.29, 0.717) is 6.42 Å². The van der Waals surface area contributed by atoms with Gasteiger partial charge in [0, 0.05) is 6.00 Å². The Morgan fingerprint density at radius 3 is 2.67 bits per heavy atom. The van der Waals surface area contributed by atoms with Crippen molar-refractivity contribution in [1.82, 2.24) is 0 Å². The molecule has 50 valence electrons. The lowest BCUT2D eigenvalue weighted by molar-refractivity contribution is 0.0434. The molecule has 0 aromatic carbocycles. The van der Waals surface area contributed by atoms with Crippen LogP contribution in [0.1, 0.15) is 6.42 Å². The van der Waals surface area contributed by atoms with E-state index in [-0.39, 0.29) is 18.1 Å². The van der Waals surface area contributed by atoms with Crippen molar-refractivity contribution in [3.05, 3.63) is 0 Å². The second kappa shape index (κ2) is 2.91. The Kier molecular flexibility index (Phi) is 2.38. The number of ether oxygens (including phenoxy) is 1. The van der Waals surface area contributed by atoms with Crippen LogP contribution in [0.5, 0.6) is 0 Å². The van der Waals surface area contributed by atoms with Crippen molar-refractivity contribution in [2.75, 3.05) is 6.61 Å². The largest absolute Gasteiger partial charge is 0.394 e. The molecular formula is C5H8BClO2. The summed E-state index contributed by atoms with van der Waals surface area (Å²) in [6.45, 7) is 0.0108. The standard InChI is InChI=1S/C5H8BClO2/c6-5-4(7)1-3(2-8)9-5/h3-5,8H,1-2H2/t3?,4-,5?/m0/s1. The van der Waals surface area contributed by atoms with Gasteiger partial charge in [-0.2, -0.15) is 0 Å². The van der Waals surface area contributed by atoms with Gasteiger partial charge in [-0.3, -0.25) is 0 Å². The zero-order valence-corrected chi connectivity index (χ0v) is 5.71. The zero-order chi connectivity index (χ0) is 6.85. The number of aliphatic hydroxyl groups excluding tert-OH is 1. The number of aliphatic hydroxyl groups is 1. The molecule has 2 radical (unpaired) electrons. The molecule has 9 heavy (non-hydrogen) atoms. The predicted octanol–water partition coefficient (Wildman–Crippen LogP) is -0.130. The fourth-order valence-corrected chi connectivity index (χ4v) is 1.12. The van der Waals surface area contributed by atoms with Crippen LogP contribution in [0.25, 0.3) is 0 Å². The summed E-state index contributed by atoms with van der Waals surface area (Å²) in [4.78, 5) is 0. The van der Waals surface area contributed by atoms with Gasteiger partial charge in [0.2, 0.25) is 0 Å². The van der Waals surface area contributed by atoms with Gasteiger partial charge in [-0.1, -0.05) is 0 Å². The van der Waals surface area contributed by atoms with Crippen LogP contribution in [0.15, 0.2) is 0 Å². The van der Waals surface area contributed by atoms with Crippen LogP contribution in [-0.4, -0.2) is 37.0 Å². The van der Waals surface area contributed by atoms with Crippen LogP contribution in [0.3, 0.4) is 0 Å². The topological polar surface area (TPSA) is 29.5 Å². The van der Waals surface area contributed by atoms with Crippen LogP contribution in [-0.2, 0) is 4.74 Å². The minimum Gasteiger partial charge on any atom is -0.394 e. The third-order valence-corrected chi connectivity index (χ3v) is 1.82. The third-order valence-electron chi connectivity index (χ3n) is 1.40. The van der Waals surface area contributed by atoms with Gasteiger partial charge >= 0.3 is 0 Å². The van der Waals surface area contributed by atoms with Crippen LogP contribution in [0, 0.1) is 0 Å². The molecular weight excluding hydrogens is 138 g/mol. The van der Waals surface area contributed by atoms with E-state index in [2.05, 4.69) is 0 Å². The zero-order valence-electron chi connectivity index (χ0n) is 4.96. The molecule has 2 nitrogen and oxygen atoms in total. The van der Waals surface area contributed by atoms with E-state index < -0.39 is 6.00 Å². The number of alkyl halides is 1. The molecule has 1 heterocycles. The van der Waals surface area contributed by atoms with Gasteiger partial charge in [0.25, 0.3) is 0 Å². The first-order valence-electron chi connectivity index (χ1n) is 2.90. The first kappa shape index (κ1) is 7.38. The summed E-state index contributed by atoms with van der Waals surface area (Å²) in [5.74, 6) is 0. The Morgan fingerprint density at radius 2 is 2.44 bits per heavy atom. The van der Waals surface area contributed by atoms with E-state index in [9.17, 15) is 0 Å². The Labute approximate surface area is 60.6 Å². The van der Waals surface area contributed by atoms with Crippen molar-refractivity contribution >= 4 is 19.4 Å². The van der Waals surface area contributed by atoms with Gasteiger partial charge in [0.1, 0.15) is 7.85 Å². The van der Waals surface area contributed by atoms with Crippen molar-refractivity contribution in [2.24, 2.45) is 0 Å². The minimum absolute atomic E-state index is 0.0108. The average Bonchev–Trinajstić information content (AvgIpc) is 2.13. The van der Waals surface area contributed by atoms with E-state index in [4.69, 9.17) is 29.3 Å². The van der Waals surface area contributed by atoms with Crippen molar-refractivity contribution < 1.29 is 9.84 Å². The van der Waals surface area contributed by atoms with E-state index in [0.717, 1.165) is 0 Å². The summed E-state index contributed by atoms with van der Waals surface area (Å²) in [7, 11) is 5.38. The molecule has 0 amide bonds. The highest BCUT2D eigenvalue weighted by molar-refractivity contribution is 6.26. The highest BCUT2D eigenvalue weighted by atomic mass is 35.5. The molecule has 1 rings (SSSR count). The maximum Gasteiger partial charge on any atom is 0.111 e. The Balaban J connectivity index is 2.35. The van der Waals surface area contributed by atoms with Gasteiger partial charge in [-0.05, 0) is 6.42 Å². The summed E-state index contributed by atoms with van der Waals surface area (Å²) in [5, 5.41) is 8.43. The fourth-order valence-electron chi connectivity index (χ4n) is 0.866. The lowest BCUT2D eigenvalue weighted by atomic mass is 9.97. The van der Waals surface area contributed by atoms with Crippen LogP contribution < -0.4 is 0 Å². The molecule has 2 unspecified atom stereocenters. The molecule has 1 N–H and O–H groups in total. The second-order valence-corrected chi connectivity index (χ2v) is 2.72. The summed E-state index contributed by atoms with van der Waals surface area (Å²) < 4.78 is 5.02. The summed E-state index contributed by atoms with van der Waals surface area (Å²) in [5.41, 5.74) is 0. The summed E-state index contributed by atoms with van der Waals surface area (Å²) in [6.07, 6.45) is 0.502. The molecule has 0 aliphatic carbocycles. The predicted molar refractivity (Wildman–Crippen MR) is 35.8 cm³/mol.